The van der Waals surface area contributed by atoms with Crippen LogP contribution in [0.4, 0.5) is 0 Å². The van der Waals surface area contributed by atoms with Gasteiger partial charge < -0.3 is 10.3 Å². The van der Waals surface area contributed by atoms with Gasteiger partial charge in [-0.3, -0.25) is 9.78 Å². The van der Waals surface area contributed by atoms with Gasteiger partial charge in [-0.05, 0) is 19.4 Å². The van der Waals surface area contributed by atoms with Crippen molar-refractivity contribution in [2.45, 2.75) is 37.1 Å². The molecule has 1 aliphatic rings. The molecule has 1 atom stereocenters. The van der Waals surface area contributed by atoms with E-state index in [2.05, 4.69) is 10.3 Å². The molecular formula is C12H20N4O4S. The third-order valence-corrected chi connectivity index (χ3v) is 5.54. The van der Waals surface area contributed by atoms with E-state index < -0.39 is 26.2 Å². The molecule has 21 heavy (non-hydrogen) atoms. The Morgan fingerprint density at radius 1 is 1.33 bits per heavy atom. The highest BCUT2D eigenvalue weighted by Gasteiger charge is 2.29. The van der Waals surface area contributed by atoms with Gasteiger partial charge in [-0.25, -0.2) is 13.2 Å². The monoisotopic (exact) mass is 316 g/mol. The second-order valence-electron chi connectivity index (χ2n) is 5.04. The molecule has 1 aromatic heterocycles. The molecular weight excluding hydrogens is 296 g/mol. The summed E-state index contributed by atoms with van der Waals surface area (Å²) in [5, 5.41) is 3.28. The second kappa shape index (κ2) is 6.54. The molecule has 118 valence electrons. The van der Waals surface area contributed by atoms with Crippen LogP contribution in [0.2, 0.25) is 0 Å². The van der Waals surface area contributed by atoms with Gasteiger partial charge in [0.15, 0.2) is 4.90 Å². The van der Waals surface area contributed by atoms with Crippen molar-refractivity contribution in [3.63, 3.8) is 0 Å². The van der Waals surface area contributed by atoms with Gasteiger partial charge in [0, 0.05) is 25.3 Å². The zero-order chi connectivity index (χ0) is 15.5. The number of piperidine rings is 1. The summed E-state index contributed by atoms with van der Waals surface area (Å²) < 4.78 is 26.3. The van der Waals surface area contributed by atoms with Gasteiger partial charge in [0.2, 0.25) is 10.0 Å². The summed E-state index contributed by atoms with van der Waals surface area (Å²) >= 11 is 0. The lowest BCUT2D eigenvalue weighted by molar-refractivity contribution is 0.319. The summed E-state index contributed by atoms with van der Waals surface area (Å²) in [5.74, 6) is 0. The minimum atomic E-state index is -3.92. The Balaban J connectivity index is 2.26. The lowest BCUT2D eigenvalue weighted by Gasteiger charge is -2.29. The molecule has 0 aliphatic carbocycles. The average molecular weight is 316 g/mol. The molecule has 3 N–H and O–H groups in total. The molecule has 2 rings (SSSR count). The zero-order valence-electron chi connectivity index (χ0n) is 11.9. The van der Waals surface area contributed by atoms with Crippen molar-refractivity contribution < 1.29 is 8.42 Å². The predicted octanol–water partition coefficient (Wildman–Crippen LogP) is -0.784. The number of hydrogen-bond acceptors (Lipinski definition) is 5. The molecule has 1 unspecified atom stereocenters. The van der Waals surface area contributed by atoms with Crippen LogP contribution < -0.4 is 16.6 Å². The Morgan fingerprint density at radius 3 is 2.67 bits per heavy atom. The van der Waals surface area contributed by atoms with Crippen LogP contribution in [0, 0.1) is 0 Å². The van der Waals surface area contributed by atoms with E-state index in [0.717, 1.165) is 32.0 Å². The van der Waals surface area contributed by atoms with E-state index in [1.54, 1.807) is 6.92 Å². The number of aromatic amines is 2. The molecule has 0 aromatic carbocycles. The molecule has 0 radical (unpaired) electrons. The third kappa shape index (κ3) is 3.60. The highest BCUT2D eigenvalue weighted by Crippen LogP contribution is 2.14. The Labute approximate surface area is 122 Å². The summed E-state index contributed by atoms with van der Waals surface area (Å²) in [6.07, 6.45) is 4.02. The van der Waals surface area contributed by atoms with Gasteiger partial charge in [-0.15, -0.1) is 0 Å². The molecule has 0 bridgehead atoms. The minimum absolute atomic E-state index is 0.0929. The fourth-order valence-corrected chi connectivity index (χ4v) is 3.94. The number of rotatable bonds is 5. The maximum atomic E-state index is 12.5. The SMILES string of the molecule is CCN(CC1CCCCN1)S(=O)(=O)c1c[nH]c(=O)[nH]c1=O. The summed E-state index contributed by atoms with van der Waals surface area (Å²) in [6.45, 7) is 3.18. The van der Waals surface area contributed by atoms with Crippen molar-refractivity contribution >= 4 is 10.0 Å². The van der Waals surface area contributed by atoms with Crippen LogP contribution in [-0.2, 0) is 10.0 Å². The topological polar surface area (TPSA) is 115 Å². The van der Waals surface area contributed by atoms with Gasteiger partial charge in [-0.1, -0.05) is 13.3 Å². The smallest absolute Gasteiger partial charge is 0.313 e. The first-order valence-corrected chi connectivity index (χ1v) is 8.44. The van der Waals surface area contributed by atoms with E-state index >= 15 is 0 Å². The van der Waals surface area contributed by atoms with Crippen LogP contribution >= 0.6 is 0 Å². The van der Waals surface area contributed by atoms with Crippen molar-refractivity contribution in [3.05, 3.63) is 27.0 Å². The highest BCUT2D eigenvalue weighted by atomic mass is 32.2. The van der Waals surface area contributed by atoms with Gasteiger partial charge in [-0.2, -0.15) is 4.31 Å². The Bertz CT molecular complexity index is 688. The van der Waals surface area contributed by atoms with Gasteiger partial charge in [0.1, 0.15) is 0 Å². The molecule has 1 saturated heterocycles. The van der Waals surface area contributed by atoms with Crippen molar-refractivity contribution in [2.75, 3.05) is 19.6 Å². The number of hydrogen-bond donors (Lipinski definition) is 3. The van der Waals surface area contributed by atoms with Crippen LogP contribution in [0.15, 0.2) is 20.7 Å². The van der Waals surface area contributed by atoms with E-state index in [0.29, 0.717) is 6.54 Å². The lowest BCUT2D eigenvalue weighted by atomic mass is 10.1. The summed E-state index contributed by atoms with van der Waals surface area (Å²) in [5.41, 5.74) is -1.62. The summed E-state index contributed by atoms with van der Waals surface area (Å²) in [7, 11) is -3.92. The quantitative estimate of drug-likeness (QED) is 0.659. The molecule has 9 heteroatoms. The molecule has 8 nitrogen and oxygen atoms in total. The molecule has 1 aromatic rings. The first kappa shape index (κ1) is 15.9. The maximum absolute atomic E-state index is 12.5. The largest absolute Gasteiger partial charge is 0.325 e. The predicted molar refractivity (Wildman–Crippen MR) is 77.8 cm³/mol. The van der Waals surface area contributed by atoms with E-state index in [9.17, 15) is 18.0 Å². The number of likely N-dealkylation sites (N-methyl/N-ethyl adjacent to an activating group) is 1. The lowest BCUT2D eigenvalue weighted by Crippen LogP contribution is -2.46. The maximum Gasteiger partial charge on any atom is 0.325 e. The number of aromatic nitrogens is 2. The minimum Gasteiger partial charge on any atom is -0.313 e. The van der Waals surface area contributed by atoms with Gasteiger partial charge >= 0.3 is 5.69 Å². The van der Waals surface area contributed by atoms with Gasteiger partial charge in [0.05, 0.1) is 0 Å². The molecule has 0 saturated carbocycles. The van der Waals surface area contributed by atoms with Gasteiger partial charge in [0.25, 0.3) is 5.56 Å². The van der Waals surface area contributed by atoms with E-state index in [4.69, 9.17) is 0 Å². The number of nitrogens with one attached hydrogen (secondary N) is 3. The van der Waals surface area contributed by atoms with Crippen molar-refractivity contribution in [1.29, 1.82) is 0 Å². The van der Waals surface area contributed by atoms with E-state index in [1.165, 1.54) is 4.31 Å². The van der Waals surface area contributed by atoms with Crippen LogP contribution in [0.5, 0.6) is 0 Å². The summed E-state index contributed by atoms with van der Waals surface area (Å²) in [4.78, 5) is 26.4. The van der Waals surface area contributed by atoms with E-state index in [-0.39, 0.29) is 12.6 Å². The Kier molecular flexibility index (Phi) is 4.96. The third-order valence-electron chi connectivity index (χ3n) is 3.59. The number of nitrogens with zero attached hydrogens (tertiary/aromatic N) is 1. The molecule has 1 aliphatic heterocycles. The van der Waals surface area contributed by atoms with E-state index in [1.807, 2.05) is 4.98 Å². The van der Waals surface area contributed by atoms with Crippen molar-refractivity contribution in [3.8, 4) is 0 Å². The Hall–Kier alpha value is -1.45. The zero-order valence-corrected chi connectivity index (χ0v) is 12.7. The molecule has 0 spiro atoms. The van der Waals surface area contributed by atoms with Crippen molar-refractivity contribution in [1.82, 2.24) is 19.6 Å². The number of sulfonamides is 1. The fourth-order valence-electron chi connectivity index (χ4n) is 2.45. The van der Waals surface area contributed by atoms with Crippen LogP contribution in [-0.4, -0.2) is 48.4 Å². The first-order valence-electron chi connectivity index (χ1n) is 7.00. The number of H-pyrrole nitrogens is 2. The second-order valence-corrected chi connectivity index (χ2v) is 6.95. The van der Waals surface area contributed by atoms with Crippen LogP contribution in [0.3, 0.4) is 0 Å². The van der Waals surface area contributed by atoms with Crippen LogP contribution in [0.25, 0.3) is 0 Å². The van der Waals surface area contributed by atoms with Crippen molar-refractivity contribution in [2.24, 2.45) is 0 Å². The summed E-state index contributed by atoms with van der Waals surface area (Å²) in [6, 6.07) is 0.0929. The molecule has 1 fully saturated rings. The normalized spacial score (nSPS) is 19.8. The standard InChI is InChI=1S/C12H20N4O4S/c1-2-16(8-9-5-3-4-6-13-9)21(19,20)10-7-14-12(18)15-11(10)17/h7,9,13H,2-6,8H2,1H3,(H2,14,15,17,18). The molecule has 2 heterocycles. The highest BCUT2D eigenvalue weighted by molar-refractivity contribution is 7.89. The Morgan fingerprint density at radius 2 is 2.10 bits per heavy atom. The fraction of sp³-hybridized carbons (Fsp3) is 0.667. The average Bonchev–Trinajstić information content (AvgIpc) is 2.45. The van der Waals surface area contributed by atoms with Crippen LogP contribution in [0.1, 0.15) is 26.2 Å². The molecule has 0 amide bonds. The first-order chi connectivity index (χ1) is 9.95.